The van der Waals surface area contributed by atoms with Gasteiger partial charge in [0.1, 0.15) is 12.3 Å². The molecule has 0 aromatic heterocycles. The van der Waals surface area contributed by atoms with Gasteiger partial charge in [0.2, 0.25) is 5.91 Å². The summed E-state index contributed by atoms with van der Waals surface area (Å²) >= 11 is 6.08. The Bertz CT molecular complexity index is 1090. The van der Waals surface area contributed by atoms with E-state index in [0.717, 1.165) is 10.4 Å². The number of hydrogen-bond donors (Lipinski definition) is 1. The highest BCUT2D eigenvalue weighted by Gasteiger charge is 2.31. The van der Waals surface area contributed by atoms with Gasteiger partial charge in [-0.2, -0.15) is 0 Å². The number of hydrogen-bond acceptors (Lipinski definition) is 6. The lowest BCUT2D eigenvalue weighted by atomic mass is 10.2. The molecule has 2 aromatic carbocycles. The van der Waals surface area contributed by atoms with Crippen LogP contribution >= 0.6 is 11.6 Å². The van der Waals surface area contributed by atoms with Gasteiger partial charge in [-0.25, -0.2) is 8.42 Å². The maximum absolute atomic E-state index is 13.5. The number of sulfonamides is 1. The van der Waals surface area contributed by atoms with Crippen molar-refractivity contribution < 1.29 is 22.9 Å². The van der Waals surface area contributed by atoms with Gasteiger partial charge in [-0.15, -0.1) is 0 Å². The minimum absolute atomic E-state index is 0.0394. The van der Waals surface area contributed by atoms with Crippen molar-refractivity contribution in [2.24, 2.45) is 0 Å². The lowest BCUT2D eigenvalue weighted by molar-refractivity contribution is -0.385. The van der Waals surface area contributed by atoms with Gasteiger partial charge < -0.3 is 10.1 Å². The van der Waals surface area contributed by atoms with E-state index in [1.807, 2.05) is 6.92 Å². The number of methoxy groups -OCH3 is 1. The van der Waals surface area contributed by atoms with Crippen LogP contribution in [-0.2, 0) is 14.8 Å². The lowest BCUT2D eigenvalue weighted by Gasteiger charge is -2.26. The molecule has 0 aliphatic rings. The van der Waals surface area contributed by atoms with E-state index < -0.39 is 27.4 Å². The second-order valence-corrected chi connectivity index (χ2v) is 9.21. The van der Waals surface area contributed by atoms with Crippen molar-refractivity contribution in [3.63, 3.8) is 0 Å². The number of nitro groups is 1. The SMILES string of the molecule is CC[C@H](C)NC(=O)CN(c1cc(Cl)ccc1OC)S(=O)(=O)c1ccc(C)c([N+](=O)[O-])c1. The number of carbonyl (C=O) groups is 1. The van der Waals surface area contributed by atoms with Crippen molar-refractivity contribution in [2.75, 3.05) is 18.0 Å². The number of anilines is 1. The van der Waals surface area contributed by atoms with Gasteiger partial charge in [-0.1, -0.05) is 24.6 Å². The van der Waals surface area contributed by atoms with Gasteiger partial charge in [0.15, 0.2) is 0 Å². The van der Waals surface area contributed by atoms with E-state index in [4.69, 9.17) is 16.3 Å². The third kappa shape index (κ3) is 5.65. The van der Waals surface area contributed by atoms with Crippen molar-refractivity contribution in [1.82, 2.24) is 5.32 Å². The standard InChI is InChI=1S/C20H24ClN3O6S/c1-5-14(3)22-20(25)12-23(18-10-15(21)7-9-19(18)30-4)31(28,29)16-8-6-13(2)17(11-16)24(26)27/h6-11,14H,5,12H2,1-4H3,(H,22,25)/t14-/m0/s1. The Morgan fingerprint density at radius 3 is 2.55 bits per heavy atom. The molecular formula is C20H24ClN3O6S. The van der Waals surface area contributed by atoms with Gasteiger partial charge in [0.25, 0.3) is 15.7 Å². The zero-order valence-electron chi connectivity index (χ0n) is 17.6. The van der Waals surface area contributed by atoms with Crippen molar-refractivity contribution in [2.45, 2.75) is 38.1 Å². The number of nitro benzene ring substituents is 1. The lowest BCUT2D eigenvalue weighted by Crippen LogP contribution is -2.43. The summed E-state index contributed by atoms with van der Waals surface area (Å²) in [5.41, 5.74) is 0.00557. The van der Waals surface area contributed by atoms with Crippen LogP contribution < -0.4 is 14.4 Å². The maximum Gasteiger partial charge on any atom is 0.273 e. The van der Waals surface area contributed by atoms with E-state index in [2.05, 4.69) is 5.32 Å². The van der Waals surface area contributed by atoms with E-state index in [9.17, 15) is 23.3 Å². The van der Waals surface area contributed by atoms with Crippen molar-refractivity contribution >= 4 is 38.9 Å². The Balaban J connectivity index is 2.64. The van der Waals surface area contributed by atoms with Gasteiger partial charge in [0, 0.05) is 22.7 Å². The predicted molar refractivity (Wildman–Crippen MR) is 118 cm³/mol. The Kier molecular flexibility index (Phi) is 7.85. The molecule has 0 unspecified atom stereocenters. The van der Waals surface area contributed by atoms with Crippen molar-refractivity contribution in [3.8, 4) is 5.75 Å². The van der Waals surface area contributed by atoms with E-state index in [1.165, 1.54) is 44.4 Å². The molecule has 0 saturated heterocycles. The summed E-state index contributed by atoms with van der Waals surface area (Å²) in [5.74, 6) is -0.368. The molecule has 0 aliphatic carbocycles. The number of carbonyl (C=O) groups excluding carboxylic acids is 1. The van der Waals surface area contributed by atoms with Crippen LogP contribution in [0.1, 0.15) is 25.8 Å². The summed E-state index contributed by atoms with van der Waals surface area (Å²) in [6, 6.07) is 7.76. The molecule has 2 rings (SSSR count). The summed E-state index contributed by atoms with van der Waals surface area (Å²) in [5, 5.41) is 14.3. The molecule has 0 saturated carbocycles. The number of aryl methyl sites for hydroxylation is 1. The van der Waals surface area contributed by atoms with Crippen LogP contribution in [0.4, 0.5) is 11.4 Å². The number of rotatable bonds is 9. The van der Waals surface area contributed by atoms with Crippen LogP contribution in [-0.4, -0.2) is 38.9 Å². The van der Waals surface area contributed by atoms with Crippen molar-refractivity contribution in [1.29, 1.82) is 0 Å². The first-order valence-electron chi connectivity index (χ1n) is 9.42. The molecule has 2 aromatic rings. The average molecular weight is 470 g/mol. The van der Waals surface area contributed by atoms with E-state index >= 15 is 0 Å². The molecule has 9 nitrogen and oxygen atoms in total. The fourth-order valence-electron chi connectivity index (χ4n) is 2.78. The molecule has 0 radical (unpaired) electrons. The van der Waals surface area contributed by atoms with Gasteiger partial charge in [0.05, 0.1) is 22.6 Å². The molecule has 0 spiro atoms. The zero-order valence-corrected chi connectivity index (χ0v) is 19.2. The van der Waals surface area contributed by atoms with E-state index in [1.54, 1.807) is 6.92 Å². The molecule has 1 amide bonds. The molecule has 0 aliphatic heterocycles. The van der Waals surface area contributed by atoms with Gasteiger partial charge >= 0.3 is 0 Å². The molecule has 0 bridgehead atoms. The summed E-state index contributed by atoms with van der Waals surface area (Å²) in [6.45, 7) is 4.61. The third-order valence-electron chi connectivity index (χ3n) is 4.68. The number of halogens is 1. The number of ether oxygens (including phenoxy) is 1. The average Bonchev–Trinajstić information content (AvgIpc) is 2.71. The van der Waals surface area contributed by atoms with Crippen LogP contribution in [0.15, 0.2) is 41.3 Å². The Labute approximate surface area is 186 Å². The Morgan fingerprint density at radius 1 is 1.29 bits per heavy atom. The highest BCUT2D eigenvalue weighted by molar-refractivity contribution is 7.92. The molecule has 0 heterocycles. The summed E-state index contributed by atoms with van der Waals surface area (Å²) in [7, 11) is -3.03. The van der Waals surface area contributed by atoms with Crippen LogP contribution in [0.3, 0.4) is 0 Å². The predicted octanol–water partition coefficient (Wildman–Crippen LogP) is 3.68. The number of benzene rings is 2. The van der Waals surface area contributed by atoms with Crippen LogP contribution in [0.5, 0.6) is 5.75 Å². The largest absolute Gasteiger partial charge is 0.495 e. The minimum Gasteiger partial charge on any atom is -0.495 e. The zero-order chi connectivity index (χ0) is 23.3. The molecule has 0 fully saturated rings. The first-order chi connectivity index (χ1) is 14.5. The smallest absolute Gasteiger partial charge is 0.273 e. The van der Waals surface area contributed by atoms with Gasteiger partial charge in [-0.3, -0.25) is 19.2 Å². The second-order valence-electron chi connectivity index (χ2n) is 6.91. The molecule has 168 valence electrons. The fourth-order valence-corrected chi connectivity index (χ4v) is 4.39. The highest BCUT2D eigenvalue weighted by Crippen LogP contribution is 2.35. The summed E-state index contributed by atoms with van der Waals surface area (Å²) in [6.07, 6.45) is 0.656. The van der Waals surface area contributed by atoms with Crippen LogP contribution in [0.2, 0.25) is 5.02 Å². The second kappa shape index (κ2) is 9.97. The molecule has 1 N–H and O–H groups in total. The Morgan fingerprint density at radius 2 is 1.97 bits per heavy atom. The highest BCUT2D eigenvalue weighted by atomic mass is 35.5. The number of nitrogens with zero attached hydrogens (tertiary/aromatic N) is 2. The Hall–Kier alpha value is -2.85. The van der Waals surface area contributed by atoms with E-state index in [0.29, 0.717) is 12.0 Å². The topological polar surface area (TPSA) is 119 Å². The summed E-state index contributed by atoms with van der Waals surface area (Å²) in [4.78, 5) is 22.9. The molecular weight excluding hydrogens is 446 g/mol. The first-order valence-corrected chi connectivity index (χ1v) is 11.2. The molecule has 11 heteroatoms. The summed E-state index contributed by atoms with van der Waals surface area (Å²) < 4.78 is 33.1. The third-order valence-corrected chi connectivity index (χ3v) is 6.67. The minimum atomic E-state index is -4.38. The fraction of sp³-hybridized carbons (Fsp3) is 0.350. The van der Waals surface area contributed by atoms with Crippen LogP contribution in [0.25, 0.3) is 0 Å². The van der Waals surface area contributed by atoms with Gasteiger partial charge in [-0.05, 0) is 44.5 Å². The maximum atomic E-state index is 13.5. The quantitative estimate of drug-likeness (QED) is 0.442. The normalized spacial score (nSPS) is 12.2. The van der Waals surface area contributed by atoms with E-state index in [-0.39, 0.29) is 33.1 Å². The number of nitrogens with one attached hydrogen (secondary N) is 1. The van der Waals surface area contributed by atoms with Crippen LogP contribution in [0, 0.1) is 17.0 Å². The van der Waals surface area contributed by atoms with Crippen molar-refractivity contribution in [3.05, 3.63) is 57.1 Å². The molecule has 1 atom stereocenters. The monoisotopic (exact) mass is 469 g/mol. The number of amides is 1. The first kappa shape index (κ1) is 24.4. The molecule has 31 heavy (non-hydrogen) atoms.